The van der Waals surface area contributed by atoms with E-state index in [4.69, 9.17) is 0 Å². The van der Waals surface area contributed by atoms with Crippen LogP contribution in [0.15, 0.2) is 58.3 Å². The highest BCUT2D eigenvalue weighted by Crippen LogP contribution is 2.19. The van der Waals surface area contributed by atoms with E-state index >= 15 is 0 Å². The van der Waals surface area contributed by atoms with Crippen LogP contribution in [0, 0.1) is 6.92 Å². The predicted molar refractivity (Wildman–Crippen MR) is 110 cm³/mol. The third kappa shape index (κ3) is 4.03. The molecule has 0 fully saturated rings. The number of carbonyl (C=O) groups is 1. The minimum absolute atomic E-state index is 0.217. The summed E-state index contributed by atoms with van der Waals surface area (Å²) in [5, 5.41) is 5.64. The molecule has 0 saturated heterocycles. The van der Waals surface area contributed by atoms with Gasteiger partial charge in [-0.2, -0.15) is 0 Å². The number of amides is 1. The lowest BCUT2D eigenvalue weighted by Gasteiger charge is -2.06. The van der Waals surface area contributed by atoms with E-state index < -0.39 is 6.09 Å². The van der Waals surface area contributed by atoms with Gasteiger partial charge in [0.05, 0.1) is 24.0 Å². The highest BCUT2D eigenvalue weighted by Gasteiger charge is 2.12. The third-order valence-electron chi connectivity index (χ3n) is 4.36. The second-order valence-corrected chi connectivity index (χ2v) is 6.20. The maximum atomic E-state index is 12.9. The van der Waals surface area contributed by atoms with Crippen molar-refractivity contribution >= 4 is 23.7 Å². The van der Waals surface area contributed by atoms with Gasteiger partial charge in [0, 0.05) is 17.6 Å². The minimum Gasteiger partial charge on any atom is -0.453 e. The van der Waals surface area contributed by atoms with Crippen molar-refractivity contribution in [3.05, 3.63) is 75.7 Å². The van der Waals surface area contributed by atoms with Crippen LogP contribution in [0.1, 0.15) is 23.7 Å². The Labute approximate surface area is 162 Å². The molecule has 144 valence electrons. The first kappa shape index (κ1) is 19.2. The van der Waals surface area contributed by atoms with Gasteiger partial charge in [-0.1, -0.05) is 31.2 Å². The normalized spacial score (nSPS) is 11.0. The van der Waals surface area contributed by atoms with Gasteiger partial charge in [-0.15, -0.1) is 0 Å². The zero-order valence-electron chi connectivity index (χ0n) is 16.0. The standard InChI is InChI=1S/C21H22N4O3/c1-4-15-8-5-6-11-19(15)22-13-18-14(2)24-25(20(18)26)17-10-7-9-16(12-17)23-21(27)28-3/h5-13,24H,4H2,1-3H3,(H,23,27). The van der Waals surface area contributed by atoms with Crippen LogP contribution in [-0.2, 0) is 11.2 Å². The Morgan fingerprint density at radius 3 is 2.79 bits per heavy atom. The molecule has 3 rings (SSSR count). The number of nitrogens with one attached hydrogen (secondary N) is 2. The number of carbonyl (C=O) groups excluding carboxylic acids is 1. The van der Waals surface area contributed by atoms with E-state index in [9.17, 15) is 9.59 Å². The highest BCUT2D eigenvalue weighted by atomic mass is 16.5. The van der Waals surface area contributed by atoms with Crippen molar-refractivity contribution in [3.63, 3.8) is 0 Å². The Hall–Kier alpha value is -3.61. The Morgan fingerprint density at radius 2 is 2.04 bits per heavy atom. The summed E-state index contributed by atoms with van der Waals surface area (Å²) in [6.45, 7) is 3.89. The van der Waals surface area contributed by atoms with Crippen molar-refractivity contribution in [2.24, 2.45) is 4.99 Å². The summed E-state index contributed by atoms with van der Waals surface area (Å²) in [6, 6.07) is 14.8. The van der Waals surface area contributed by atoms with Crippen LogP contribution in [-0.4, -0.2) is 29.2 Å². The molecule has 1 amide bonds. The number of anilines is 1. The van der Waals surface area contributed by atoms with Gasteiger partial charge < -0.3 is 4.74 Å². The number of aromatic nitrogens is 2. The van der Waals surface area contributed by atoms with E-state index in [-0.39, 0.29) is 5.56 Å². The molecule has 0 aliphatic heterocycles. The Kier molecular flexibility index (Phi) is 5.74. The lowest BCUT2D eigenvalue weighted by Crippen LogP contribution is -2.18. The topological polar surface area (TPSA) is 88.5 Å². The summed E-state index contributed by atoms with van der Waals surface area (Å²) in [7, 11) is 1.29. The second kappa shape index (κ2) is 8.39. The average Bonchev–Trinajstić information content (AvgIpc) is 3.00. The smallest absolute Gasteiger partial charge is 0.411 e. The number of aromatic amines is 1. The molecule has 0 saturated carbocycles. The van der Waals surface area contributed by atoms with Gasteiger partial charge in [0.2, 0.25) is 0 Å². The Bertz CT molecular complexity index is 1080. The number of aryl methyl sites for hydroxylation is 2. The van der Waals surface area contributed by atoms with Crippen molar-refractivity contribution in [1.29, 1.82) is 0 Å². The van der Waals surface area contributed by atoms with Crippen LogP contribution in [0.4, 0.5) is 16.2 Å². The van der Waals surface area contributed by atoms with Crippen LogP contribution >= 0.6 is 0 Å². The molecule has 3 aromatic rings. The van der Waals surface area contributed by atoms with Crippen LogP contribution in [0.3, 0.4) is 0 Å². The number of methoxy groups -OCH3 is 1. The van der Waals surface area contributed by atoms with E-state index in [1.807, 2.05) is 31.2 Å². The molecule has 0 spiro atoms. The quantitative estimate of drug-likeness (QED) is 0.659. The molecule has 0 unspecified atom stereocenters. The van der Waals surface area contributed by atoms with Crippen LogP contribution in [0.5, 0.6) is 0 Å². The average molecular weight is 378 g/mol. The van der Waals surface area contributed by atoms with Gasteiger partial charge in [0.15, 0.2) is 0 Å². The summed E-state index contributed by atoms with van der Waals surface area (Å²) in [5.41, 5.74) is 4.05. The van der Waals surface area contributed by atoms with Crippen molar-refractivity contribution < 1.29 is 9.53 Å². The van der Waals surface area contributed by atoms with E-state index in [1.165, 1.54) is 11.8 Å². The number of benzene rings is 2. The van der Waals surface area contributed by atoms with Gasteiger partial charge in [0.1, 0.15) is 0 Å². The second-order valence-electron chi connectivity index (χ2n) is 6.20. The van der Waals surface area contributed by atoms with Gasteiger partial charge >= 0.3 is 6.09 Å². The number of nitrogens with zero attached hydrogens (tertiary/aromatic N) is 2. The fourth-order valence-corrected chi connectivity index (χ4v) is 2.85. The summed E-state index contributed by atoms with van der Waals surface area (Å²) < 4.78 is 6.02. The third-order valence-corrected chi connectivity index (χ3v) is 4.36. The molecule has 2 aromatic carbocycles. The highest BCUT2D eigenvalue weighted by molar-refractivity contribution is 5.85. The monoisotopic (exact) mass is 378 g/mol. The van der Waals surface area contributed by atoms with Gasteiger partial charge in [-0.25, -0.2) is 9.48 Å². The van der Waals surface area contributed by atoms with E-state index in [1.54, 1.807) is 30.5 Å². The largest absolute Gasteiger partial charge is 0.453 e. The molecule has 1 heterocycles. The SMILES string of the molecule is CCc1ccccc1N=Cc1c(C)[nH]n(-c2cccc(NC(=O)OC)c2)c1=O. The zero-order chi connectivity index (χ0) is 20.1. The maximum absolute atomic E-state index is 12.9. The first-order chi connectivity index (χ1) is 13.5. The first-order valence-electron chi connectivity index (χ1n) is 8.92. The fraction of sp³-hybridized carbons (Fsp3) is 0.190. The first-order valence-corrected chi connectivity index (χ1v) is 8.92. The van der Waals surface area contributed by atoms with Crippen molar-refractivity contribution in [3.8, 4) is 5.69 Å². The number of para-hydroxylation sites is 1. The number of ether oxygens (including phenoxy) is 1. The number of aliphatic imine (C=N–C) groups is 1. The molecule has 0 bridgehead atoms. The van der Waals surface area contributed by atoms with Crippen LogP contribution < -0.4 is 10.9 Å². The zero-order valence-corrected chi connectivity index (χ0v) is 16.0. The molecular formula is C21H22N4O3. The molecule has 0 atom stereocenters. The lowest BCUT2D eigenvalue weighted by atomic mass is 10.1. The molecule has 0 aliphatic carbocycles. The summed E-state index contributed by atoms with van der Waals surface area (Å²) in [6.07, 6.45) is 1.88. The van der Waals surface area contributed by atoms with E-state index in [0.717, 1.165) is 17.7 Å². The minimum atomic E-state index is -0.574. The number of hydrogen-bond donors (Lipinski definition) is 2. The fourth-order valence-electron chi connectivity index (χ4n) is 2.85. The molecule has 0 aliphatic rings. The molecular weight excluding hydrogens is 356 g/mol. The summed E-state index contributed by atoms with van der Waals surface area (Å²) in [4.78, 5) is 28.8. The molecule has 7 heteroatoms. The van der Waals surface area contributed by atoms with Crippen molar-refractivity contribution in [2.75, 3.05) is 12.4 Å². The van der Waals surface area contributed by atoms with Gasteiger partial charge in [-0.05, 0) is 43.2 Å². The Balaban J connectivity index is 1.95. The summed E-state index contributed by atoms with van der Waals surface area (Å²) >= 11 is 0. The van der Waals surface area contributed by atoms with Gasteiger partial charge in [-0.3, -0.25) is 20.2 Å². The number of rotatable bonds is 5. The lowest BCUT2D eigenvalue weighted by molar-refractivity contribution is 0.187. The number of hydrogen-bond acceptors (Lipinski definition) is 4. The van der Waals surface area contributed by atoms with Crippen molar-refractivity contribution in [1.82, 2.24) is 9.78 Å². The van der Waals surface area contributed by atoms with Crippen LogP contribution in [0.25, 0.3) is 5.69 Å². The molecule has 7 nitrogen and oxygen atoms in total. The summed E-state index contributed by atoms with van der Waals surface area (Å²) in [5.74, 6) is 0. The maximum Gasteiger partial charge on any atom is 0.411 e. The van der Waals surface area contributed by atoms with Crippen molar-refractivity contribution in [2.45, 2.75) is 20.3 Å². The molecule has 2 N–H and O–H groups in total. The molecule has 1 aromatic heterocycles. The van der Waals surface area contributed by atoms with Gasteiger partial charge in [0.25, 0.3) is 5.56 Å². The van der Waals surface area contributed by atoms with E-state index in [0.29, 0.717) is 22.6 Å². The molecule has 28 heavy (non-hydrogen) atoms. The Morgan fingerprint density at radius 1 is 1.25 bits per heavy atom. The number of H-pyrrole nitrogens is 1. The van der Waals surface area contributed by atoms with Crippen LogP contribution in [0.2, 0.25) is 0 Å². The molecule has 0 radical (unpaired) electrons. The predicted octanol–water partition coefficient (Wildman–Crippen LogP) is 3.97. The van der Waals surface area contributed by atoms with E-state index in [2.05, 4.69) is 27.1 Å².